The molecule has 0 fully saturated rings. The van der Waals surface area contributed by atoms with Gasteiger partial charge in [0.25, 0.3) is 0 Å². The summed E-state index contributed by atoms with van der Waals surface area (Å²) < 4.78 is 2.16. The van der Waals surface area contributed by atoms with E-state index in [1.165, 1.54) is 5.56 Å². The molecule has 0 aliphatic rings. The lowest BCUT2D eigenvalue weighted by molar-refractivity contribution is 0.672. The minimum absolute atomic E-state index is 0.733. The smallest absolute Gasteiger partial charge is 0.194 e. The highest BCUT2D eigenvalue weighted by Gasteiger charge is 2.14. The van der Waals surface area contributed by atoms with Crippen LogP contribution in [0.15, 0.2) is 54.0 Å². The van der Waals surface area contributed by atoms with Gasteiger partial charge in [0.1, 0.15) is 0 Å². The molecule has 2 aromatic carbocycles. The van der Waals surface area contributed by atoms with Crippen molar-refractivity contribution in [2.24, 2.45) is 0 Å². The first kappa shape index (κ1) is 18.5. The molecule has 0 saturated heterocycles. The van der Waals surface area contributed by atoms with Gasteiger partial charge in [-0.05, 0) is 49.2 Å². The lowest BCUT2D eigenvalue weighted by atomic mass is 10.1. The molecule has 0 atom stereocenters. The van der Waals surface area contributed by atoms with E-state index >= 15 is 0 Å². The molecule has 0 aliphatic carbocycles. The molecule has 138 valence electrons. The van der Waals surface area contributed by atoms with Crippen molar-refractivity contribution < 1.29 is 0 Å². The van der Waals surface area contributed by atoms with Crippen LogP contribution in [0.3, 0.4) is 0 Å². The van der Waals surface area contributed by atoms with Gasteiger partial charge in [0, 0.05) is 33.7 Å². The molecular weight excluding hydrogens is 397 g/mol. The summed E-state index contributed by atoms with van der Waals surface area (Å²) in [6.45, 7) is 3.64. The number of fused-ring (bicyclic) bond motifs is 1. The van der Waals surface area contributed by atoms with Gasteiger partial charge < -0.3 is 5.32 Å². The van der Waals surface area contributed by atoms with Gasteiger partial charge in [-0.1, -0.05) is 47.5 Å². The quantitative estimate of drug-likeness (QED) is 0.390. The molecule has 2 heterocycles. The fourth-order valence-corrected chi connectivity index (χ4v) is 4.13. The molecule has 0 saturated carbocycles. The van der Waals surface area contributed by atoms with E-state index in [1.807, 2.05) is 37.3 Å². The van der Waals surface area contributed by atoms with Crippen LogP contribution in [0.25, 0.3) is 16.2 Å². The maximum atomic E-state index is 6.22. The molecule has 4 rings (SSSR count). The van der Waals surface area contributed by atoms with Crippen LogP contribution in [0.1, 0.15) is 16.8 Å². The lowest BCUT2D eigenvalue weighted by Crippen LogP contribution is -2.18. The fraction of sp³-hybridized carbons (Fsp3) is 0.190. The van der Waals surface area contributed by atoms with E-state index in [0.717, 1.165) is 57.0 Å². The van der Waals surface area contributed by atoms with E-state index in [1.54, 1.807) is 11.3 Å². The molecule has 0 aliphatic heterocycles. The minimum atomic E-state index is 0.733. The Hall–Kier alpha value is -1.85. The minimum Gasteiger partial charge on any atom is -0.311 e. The maximum absolute atomic E-state index is 6.22. The zero-order valence-corrected chi connectivity index (χ0v) is 17.2. The Kier molecular flexibility index (Phi) is 5.50. The van der Waals surface area contributed by atoms with Crippen LogP contribution in [0.4, 0.5) is 0 Å². The fourth-order valence-electron chi connectivity index (χ4n) is 3.07. The number of aromatic nitrogens is 2. The summed E-state index contributed by atoms with van der Waals surface area (Å²) in [4.78, 5) is 5.81. The van der Waals surface area contributed by atoms with Gasteiger partial charge in [-0.3, -0.25) is 4.40 Å². The van der Waals surface area contributed by atoms with E-state index in [4.69, 9.17) is 28.2 Å². The van der Waals surface area contributed by atoms with Crippen molar-refractivity contribution in [3.05, 3.63) is 80.9 Å². The Labute approximate surface area is 172 Å². The molecule has 4 aromatic rings. The highest BCUT2D eigenvalue weighted by molar-refractivity contribution is 7.15. The van der Waals surface area contributed by atoms with E-state index in [9.17, 15) is 0 Å². The summed E-state index contributed by atoms with van der Waals surface area (Å²) in [5.41, 5.74) is 5.60. The van der Waals surface area contributed by atoms with Crippen LogP contribution >= 0.6 is 34.5 Å². The normalized spacial score (nSPS) is 11.4. The zero-order valence-electron chi connectivity index (χ0n) is 14.9. The Morgan fingerprint density at radius 3 is 2.70 bits per heavy atom. The van der Waals surface area contributed by atoms with Gasteiger partial charge in [0.05, 0.1) is 11.4 Å². The molecule has 27 heavy (non-hydrogen) atoms. The molecule has 6 heteroatoms. The van der Waals surface area contributed by atoms with Gasteiger partial charge in [-0.25, -0.2) is 4.98 Å². The molecule has 3 nitrogen and oxygen atoms in total. The highest BCUT2D eigenvalue weighted by Crippen LogP contribution is 2.27. The summed E-state index contributed by atoms with van der Waals surface area (Å²) >= 11 is 13.9. The predicted octanol–water partition coefficient (Wildman–Crippen LogP) is 6.01. The molecule has 2 aromatic heterocycles. The van der Waals surface area contributed by atoms with Crippen molar-refractivity contribution in [2.45, 2.75) is 19.9 Å². The number of rotatable bonds is 6. The second-order valence-corrected chi connectivity index (χ2v) is 8.20. The first-order valence-electron chi connectivity index (χ1n) is 8.78. The van der Waals surface area contributed by atoms with E-state index < -0.39 is 0 Å². The van der Waals surface area contributed by atoms with Crippen LogP contribution in [0, 0.1) is 6.92 Å². The highest BCUT2D eigenvalue weighted by atomic mass is 35.5. The number of aryl methyl sites for hydroxylation is 1. The Balaban J connectivity index is 1.49. The number of benzene rings is 2. The van der Waals surface area contributed by atoms with Crippen LogP contribution < -0.4 is 5.32 Å². The second kappa shape index (κ2) is 8.03. The maximum Gasteiger partial charge on any atom is 0.194 e. The van der Waals surface area contributed by atoms with Crippen molar-refractivity contribution in [3.8, 4) is 11.3 Å². The number of hydrogen-bond acceptors (Lipinski definition) is 3. The third-order valence-electron chi connectivity index (χ3n) is 4.60. The van der Waals surface area contributed by atoms with Crippen molar-refractivity contribution in [1.29, 1.82) is 0 Å². The number of nitrogens with zero attached hydrogens (tertiary/aromatic N) is 2. The monoisotopic (exact) mass is 415 g/mol. The van der Waals surface area contributed by atoms with Crippen LogP contribution in [0.5, 0.6) is 0 Å². The Morgan fingerprint density at radius 1 is 1.11 bits per heavy atom. The van der Waals surface area contributed by atoms with Gasteiger partial charge in [-0.15, -0.1) is 11.3 Å². The number of hydrogen-bond donors (Lipinski definition) is 1. The first-order chi connectivity index (χ1) is 13.1. The third kappa shape index (κ3) is 4.04. The van der Waals surface area contributed by atoms with Crippen LogP contribution in [0.2, 0.25) is 10.0 Å². The summed E-state index contributed by atoms with van der Waals surface area (Å²) in [7, 11) is 0. The predicted molar refractivity (Wildman–Crippen MR) is 115 cm³/mol. The van der Waals surface area contributed by atoms with E-state index in [2.05, 4.69) is 33.4 Å². The summed E-state index contributed by atoms with van der Waals surface area (Å²) in [6, 6.07) is 14.1. The summed E-state index contributed by atoms with van der Waals surface area (Å²) in [5, 5.41) is 7.17. The zero-order chi connectivity index (χ0) is 18.8. The SMILES string of the molecule is Cc1ccc(CCNCc2c(-c3ccc(Cl)cc3)nc3sccn23)cc1Cl. The molecular formula is C21H19Cl2N3S. The van der Waals surface area contributed by atoms with Crippen LogP contribution in [-0.4, -0.2) is 15.9 Å². The second-order valence-electron chi connectivity index (χ2n) is 6.48. The van der Waals surface area contributed by atoms with E-state index in [0.29, 0.717) is 0 Å². The Bertz CT molecular complexity index is 1070. The number of halogens is 2. The average Bonchev–Trinajstić information content (AvgIpc) is 3.24. The molecule has 0 unspecified atom stereocenters. The summed E-state index contributed by atoms with van der Waals surface area (Å²) in [6.07, 6.45) is 3.00. The standard InChI is InChI=1S/C21H19Cl2N3S/c1-14-2-3-15(12-18(14)23)8-9-24-13-19-20(16-4-6-17(22)7-5-16)25-21-26(19)10-11-27-21/h2-7,10-12,24H,8-9,13H2,1H3. The average molecular weight is 416 g/mol. The van der Waals surface area contributed by atoms with Crippen LogP contribution in [-0.2, 0) is 13.0 Å². The number of imidazole rings is 1. The summed E-state index contributed by atoms with van der Waals surface area (Å²) in [5.74, 6) is 0. The lowest BCUT2D eigenvalue weighted by Gasteiger charge is -2.08. The van der Waals surface area contributed by atoms with Crippen molar-refractivity contribution in [1.82, 2.24) is 14.7 Å². The van der Waals surface area contributed by atoms with Gasteiger partial charge in [0.2, 0.25) is 0 Å². The topological polar surface area (TPSA) is 29.3 Å². The van der Waals surface area contributed by atoms with Gasteiger partial charge in [0.15, 0.2) is 4.96 Å². The van der Waals surface area contributed by atoms with Crippen molar-refractivity contribution >= 4 is 39.5 Å². The molecule has 0 spiro atoms. The third-order valence-corrected chi connectivity index (χ3v) is 6.01. The molecule has 0 radical (unpaired) electrons. The molecule has 1 N–H and O–H groups in total. The van der Waals surface area contributed by atoms with E-state index in [-0.39, 0.29) is 0 Å². The number of nitrogens with one attached hydrogen (secondary N) is 1. The van der Waals surface area contributed by atoms with Crippen molar-refractivity contribution in [2.75, 3.05) is 6.54 Å². The first-order valence-corrected chi connectivity index (χ1v) is 10.4. The Morgan fingerprint density at radius 2 is 1.93 bits per heavy atom. The molecule has 0 amide bonds. The van der Waals surface area contributed by atoms with Crippen molar-refractivity contribution in [3.63, 3.8) is 0 Å². The molecule has 0 bridgehead atoms. The van der Waals surface area contributed by atoms with Gasteiger partial charge in [-0.2, -0.15) is 0 Å². The largest absolute Gasteiger partial charge is 0.311 e. The van der Waals surface area contributed by atoms with Gasteiger partial charge >= 0.3 is 0 Å². The number of thiazole rings is 1.